The molecule has 2 aromatic rings. The molecule has 3 heterocycles. The molecule has 1 amide bonds. The van der Waals surface area contributed by atoms with Crippen molar-refractivity contribution < 1.29 is 9.53 Å². The number of aromatic nitrogens is 3. The van der Waals surface area contributed by atoms with E-state index in [0.717, 1.165) is 74.9 Å². The highest BCUT2D eigenvalue weighted by atomic mass is 16.5. The molecule has 0 aliphatic carbocycles. The number of nitrogens with zero attached hydrogens (tertiary/aromatic N) is 4. The fraction of sp³-hybridized carbons (Fsp3) is 0.571. The summed E-state index contributed by atoms with van der Waals surface area (Å²) in [5.41, 5.74) is 1.11. The number of nitrogens with one attached hydrogen (secondary N) is 1. The van der Waals surface area contributed by atoms with Crippen LogP contribution >= 0.6 is 0 Å². The van der Waals surface area contributed by atoms with Crippen molar-refractivity contribution in [3.05, 3.63) is 41.5 Å². The number of hydrogen-bond acceptors (Lipinski definition) is 5. The van der Waals surface area contributed by atoms with Gasteiger partial charge in [0.25, 0.3) is 0 Å². The molecular weight excluding hydrogens is 354 g/mol. The summed E-state index contributed by atoms with van der Waals surface area (Å²) in [5.74, 6) is 3.67. The second kappa shape index (κ2) is 8.73. The third kappa shape index (κ3) is 4.04. The van der Waals surface area contributed by atoms with Gasteiger partial charge in [-0.25, -0.2) is 0 Å². The van der Waals surface area contributed by atoms with E-state index < -0.39 is 0 Å². The number of hydrogen-bond donors (Lipinski definition) is 1. The number of amides is 1. The summed E-state index contributed by atoms with van der Waals surface area (Å²) in [4.78, 5) is 14.7. The number of likely N-dealkylation sites (tertiary alicyclic amines) is 1. The van der Waals surface area contributed by atoms with Crippen LogP contribution in [0, 0.1) is 0 Å². The molecule has 7 heteroatoms. The van der Waals surface area contributed by atoms with Crippen molar-refractivity contribution in [2.45, 2.75) is 51.6 Å². The first-order valence-corrected chi connectivity index (χ1v) is 10.4. The molecule has 4 rings (SSSR count). The highest BCUT2D eigenvalue weighted by Gasteiger charge is 2.28. The van der Waals surface area contributed by atoms with E-state index in [0.29, 0.717) is 18.9 Å². The summed E-state index contributed by atoms with van der Waals surface area (Å²) in [6.07, 6.45) is 3.18. The van der Waals surface area contributed by atoms with Crippen LogP contribution in [0.4, 0.5) is 0 Å². The fourth-order valence-electron chi connectivity index (χ4n) is 4.21. The van der Waals surface area contributed by atoms with E-state index in [1.165, 1.54) is 0 Å². The molecule has 150 valence electrons. The van der Waals surface area contributed by atoms with E-state index in [1.807, 2.05) is 36.1 Å². The number of para-hydroxylation sites is 1. The van der Waals surface area contributed by atoms with Gasteiger partial charge < -0.3 is 19.5 Å². The van der Waals surface area contributed by atoms with Crippen molar-refractivity contribution >= 4 is 5.91 Å². The molecule has 2 aliphatic heterocycles. The molecule has 28 heavy (non-hydrogen) atoms. The predicted octanol–water partition coefficient (Wildman–Crippen LogP) is 2.12. The van der Waals surface area contributed by atoms with Crippen molar-refractivity contribution in [2.75, 3.05) is 26.2 Å². The molecule has 0 bridgehead atoms. The van der Waals surface area contributed by atoms with Crippen LogP contribution in [0.5, 0.6) is 5.75 Å². The average Bonchev–Trinajstić information content (AvgIpc) is 3.17. The van der Waals surface area contributed by atoms with Crippen LogP contribution in [-0.2, 0) is 24.3 Å². The highest BCUT2D eigenvalue weighted by molar-refractivity contribution is 5.76. The Balaban J connectivity index is 1.30. The van der Waals surface area contributed by atoms with Gasteiger partial charge in [-0.05, 0) is 37.8 Å². The van der Waals surface area contributed by atoms with Gasteiger partial charge in [0.1, 0.15) is 17.4 Å². The molecule has 1 aromatic heterocycles. The van der Waals surface area contributed by atoms with E-state index in [9.17, 15) is 4.79 Å². The van der Waals surface area contributed by atoms with Gasteiger partial charge in [-0.15, -0.1) is 10.2 Å². The first-order chi connectivity index (χ1) is 13.8. The van der Waals surface area contributed by atoms with Crippen LogP contribution in [0.1, 0.15) is 49.3 Å². The molecular formula is C21H29N5O2. The smallest absolute Gasteiger partial charge is 0.222 e. The average molecular weight is 383 g/mol. The van der Waals surface area contributed by atoms with Crippen LogP contribution in [0.15, 0.2) is 24.3 Å². The van der Waals surface area contributed by atoms with Gasteiger partial charge in [0.15, 0.2) is 0 Å². The highest BCUT2D eigenvalue weighted by Crippen LogP contribution is 2.28. The minimum Gasteiger partial charge on any atom is -0.494 e. The summed E-state index contributed by atoms with van der Waals surface area (Å²) >= 11 is 0. The number of piperidine rings is 1. The largest absolute Gasteiger partial charge is 0.494 e. The van der Waals surface area contributed by atoms with Gasteiger partial charge in [-0.2, -0.15) is 0 Å². The summed E-state index contributed by atoms with van der Waals surface area (Å²) < 4.78 is 7.94. The van der Waals surface area contributed by atoms with Crippen molar-refractivity contribution in [1.29, 1.82) is 0 Å². The van der Waals surface area contributed by atoms with Gasteiger partial charge in [-0.1, -0.05) is 18.2 Å². The number of fused-ring (bicyclic) bond motifs is 1. The van der Waals surface area contributed by atoms with Crippen LogP contribution in [-0.4, -0.2) is 51.8 Å². The van der Waals surface area contributed by atoms with E-state index in [4.69, 9.17) is 4.74 Å². The summed E-state index contributed by atoms with van der Waals surface area (Å²) in [5, 5.41) is 12.1. The second-order valence-electron chi connectivity index (χ2n) is 7.50. The fourth-order valence-corrected chi connectivity index (χ4v) is 4.21. The van der Waals surface area contributed by atoms with Crippen LogP contribution in [0.3, 0.4) is 0 Å². The maximum Gasteiger partial charge on any atom is 0.222 e. The molecule has 0 atom stereocenters. The van der Waals surface area contributed by atoms with Gasteiger partial charge in [0.2, 0.25) is 5.91 Å². The van der Waals surface area contributed by atoms with Crippen molar-refractivity contribution in [3.63, 3.8) is 0 Å². The predicted molar refractivity (Wildman–Crippen MR) is 106 cm³/mol. The number of ether oxygens (including phenoxy) is 1. The molecule has 0 radical (unpaired) electrons. The SMILES string of the molecule is CCOc1ccccc1CCC(=O)N1CCC(c2nnc3n2CCNC3)CC1. The quantitative estimate of drug-likeness (QED) is 0.827. The van der Waals surface area contributed by atoms with E-state index in [1.54, 1.807) is 0 Å². The maximum absolute atomic E-state index is 12.7. The monoisotopic (exact) mass is 383 g/mol. The lowest BCUT2D eigenvalue weighted by Crippen LogP contribution is -2.39. The zero-order valence-corrected chi connectivity index (χ0v) is 16.6. The van der Waals surface area contributed by atoms with Crippen LogP contribution in [0.2, 0.25) is 0 Å². The summed E-state index contributed by atoms with van der Waals surface area (Å²) in [6.45, 7) is 6.94. The Morgan fingerprint density at radius 1 is 1.21 bits per heavy atom. The number of carbonyl (C=O) groups excluding carboxylic acids is 1. The van der Waals surface area contributed by atoms with E-state index in [-0.39, 0.29) is 5.91 Å². The number of aryl methyl sites for hydroxylation is 1. The Morgan fingerprint density at radius 2 is 2.04 bits per heavy atom. The van der Waals surface area contributed by atoms with Gasteiger partial charge in [0.05, 0.1) is 13.2 Å². The molecule has 1 aromatic carbocycles. The van der Waals surface area contributed by atoms with Crippen molar-refractivity contribution in [3.8, 4) is 5.75 Å². The van der Waals surface area contributed by atoms with Gasteiger partial charge in [-0.3, -0.25) is 4.79 Å². The van der Waals surface area contributed by atoms with Crippen LogP contribution in [0.25, 0.3) is 0 Å². The molecule has 1 N–H and O–H groups in total. The third-order valence-electron chi connectivity index (χ3n) is 5.74. The molecule has 0 unspecified atom stereocenters. The number of rotatable bonds is 6. The summed E-state index contributed by atoms with van der Waals surface area (Å²) in [7, 11) is 0. The molecule has 2 aliphatic rings. The molecule has 1 fully saturated rings. The van der Waals surface area contributed by atoms with Gasteiger partial charge in [0, 0.05) is 38.5 Å². The Kier molecular flexibility index (Phi) is 5.90. The Hall–Kier alpha value is -2.41. The number of benzene rings is 1. The number of carbonyl (C=O) groups is 1. The van der Waals surface area contributed by atoms with E-state index in [2.05, 4.69) is 20.1 Å². The van der Waals surface area contributed by atoms with Crippen LogP contribution < -0.4 is 10.1 Å². The Bertz CT molecular complexity index is 811. The van der Waals surface area contributed by atoms with E-state index >= 15 is 0 Å². The van der Waals surface area contributed by atoms with Crippen molar-refractivity contribution in [2.24, 2.45) is 0 Å². The summed E-state index contributed by atoms with van der Waals surface area (Å²) in [6, 6.07) is 8.00. The molecule has 1 saturated heterocycles. The first-order valence-electron chi connectivity index (χ1n) is 10.4. The third-order valence-corrected chi connectivity index (χ3v) is 5.74. The minimum absolute atomic E-state index is 0.234. The van der Waals surface area contributed by atoms with Crippen molar-refractivity contribution in [1.82, 2.24) is 25.0 Å². The zero-order valence-electron chi connectivity index (χ0n) is 16.6. The maximum atomic E-state index is 12.7. The zero-order chi connectivity index (χ0) is 19.3. The Morgan fingerprint density at radius 3 is 2.86 bits per heavy atom. The normalized spacial score (nSPS) is 17.4. The lowest BCUT2D eigenvalue weighted by atomic mass is 9.95. The van der Waals surface area contributed by atoms with Gasteiger partial charge >= 0.3 is 0 Å². The second-order valence-corrected chi connectivity index (χ2v) is 7.50. The topological polar surface area (TPSA) is 72.3 Å². The lowest BCUT2D eigenvalue weighted by molar-refractivity contribution is -0.132. The first kappa shape index (κ1) is 18.9. The molecule has 0 spiro atoms. The molecule has 7 nitrogen and oxygen atoms in total. The molecule has 0 saturated carbocycles. The lowest BCUT2D eigenvalue weighted by Gasteiger charge is -2.32. The standard InChI is InChI=1S/C21H29N5O2/c1-2-28-18-6-4-3-5-16(18)7-8-20(27)25-12-9-17(10-13-25)21-24-23-19-15-22-11-14-26(19)21/h3-6,17,22H,2,7-15H2,1H3. The minimum atomic E-state index is 0.234. The Labute approximate surface area is 166 Å².